The number of hydrogen-bond donors (Lipinski definition) is 4. The molecule has 2 saturated carbocycles. The number of rotatable bonds is 9. The van der Waals surface area contributed by atoms with E-state index in [9.17, 15) is 10.2 Å². The highest BCUT2D eigenvalue weighted by atomic mass is 16.5. The molecule has 0 radical (unpaired) electrons. The minimum absolute atomic E-state index is 0.00319. The second-order valence-corrected chi connectivity index (χ2v) is 9.51. The predicted molar refractivity (Wildman–Crippen MR) is 126 cm³/mol. The Morgan fingerprint density at radius 3 is 2.65 bits per heavy atom. The van der Waals surface area contributed by atoms with Crippen LogP contribution >= 0.6 is 0 Å². The molecule has 3 heterocycles. The summed E-state index contributed by atoms with van der Waals surface area (Å²) in [6.07, 6.45) is 3.46. The molecule has 34 heavy (non-hydrogen) atoms. The van der Waals surface area contributed by atoms with E-state index in [-0.39, 0.29) is 24.7 Å². The van der Waals surface area contributed by atoms with E-state index in [0.29, 0.717) is 54.5 Å². The fourth-order valence-electron chi connectivity index (χ4n) is 4.92. The van der Waals surface area contributed by atoms with Crippen LogP contribution in [0.4, 0.5) is 11.8 Å². The first-order valence-corrected chi connectivity index (χ1v) is 12.0. The first-order valence-electron chi connectivity index (χ1n) is 12.0. The third-order valence-corrected chi connectivity index (χ3v) is 7.00. The maximum atomic E-state index is 10.3. The first-order chi connectivity index (χ1) is 16.5. The molecule has 4 atom stereocenters. The molecular formula is C24H33N5O5. The summed E-state index contributed by atoms with van der Waals surface area (Å²) < 4.78 is 17.1. The van der Waals surface area contributed by atoms with Crippen LogP contribution in [-0.4, -0.2) is 64.7 Å². The third kappa shape index (κ3) is 4.56. The quantitative estimate of drug-likeness (QED) is 0.432. The zero-order valence-corrected chi connectivity index (χ0v) is 19.9. The number of hydrogen-bond acceptors (Lipinski definition) is 10. The molecule has 2 aromatic rings. The van der Waals surface area contributed by atoms with Crippen molar-refractivity contribution in [2.45, 2.75) is 57.3 Å². The average Bonchev–Trinajstić information content (AvgIpc) is 3.46. The molecule has 184 valence electrons. The van der Waals surface area contributed by atoms with Gasteiger partial charge in [0, 0.05) is 43.2 Å². The molecule has 5 rings (SSSR count). The van der Waals surface area contributed by atoms with Crippen molar-refractivity contribution in [3.8, 4) is 17.5 Å². The fraction of sp³-hybridized carbons (Fsp3) is 0.625. The molecule has 2 aliphatic carbocycles. The fourth-order valence-corrected chi connectivity index (χ4v) is 4.92. The van der Waals surface area contributed by atoms with Crippen molar-refractivity contribution < 1.29 is 24.4 Å². The molecule has 10 nitrogen and oxygen atoms in total. The third-order valence-electron chi connectivity index (χ3n) is 7.00. The van der Waals surface area contributed by atoms with Gasteiger partial charge in [0.05, 0.1) is 31.6 Å². The van der Waals surface area contributed by atoms with Crippen molar-refractivity contribution in [1.29, 1.82) is 0 Å². The summed E-state index contributed by atoms with van der Waals surface area (Å²) in [7, 11) is 3.13. The molecule has 4 N–H and O–H groups in total. The van der Waals surface area contributed by atoms with Crippen molar-refractivity contribution in [2.75, 3.05) is 38.0 Å². The maximum Gasteiger partial charge on any atom is 0.260 e. The monoisotopic (exact) mass is 471 g/mol. The Balaban J connectivity index is 1.45. The van der Waals surface area contributed by atoms with Gasteiger partial charge in [0.2, 0.25) is 11.8 Å². The van der Waals surface area contributed by atoms with Crippen molar-refractivity contribution in [1.82, 2.24) is 15.0 Å². The van der Waals surface area contributed by atoms with Gasteiger partial charge in [-0.05, 0) is 38.5 Å². The molecule has 0 saturated heterocycles. The Kier molecular flexibility index (Phi) is 6.35. The van der Waals surface area contributed by atoms with Gasteiger partial charge in [-0.25, -0.2) is 4.98 Å². The van der Waals surface area contributed by atoms with Crippen LogP contribution in [0.15, 0.2) is 6.07 Å². The van der Waals surface area contributed by atoms with Crippen LogP contribution in [0.25, 0.3) is 0 Å². The van der Waals surface area contributed by atoms with Crippen molar-refractivity contribution in [3.63, 3.8) is 0 Å². The highest BCUT2D eigenvalue weighted by molar-refractivity contribution is 5.56. The van der Waals surface area contributed by atoms with Gasteiger partial charge >= 0.3 is 0 Å². The lowest BCUT2D eigenvalue weighted by Gasteiger charge is -2.22. The molecule has 10 heteroatoms. The summed E-state index contributed by atoms with van der Waals surface area (Å²) >= 11 is 0. The Bertz CT molecular complexity index is 1050. The normalized spacial score (nSPS) is 25.6. The molecule has 3 aliphatic rings. The van der Waals surface area contributed by atoms with Crippen LogP contribution in [0, 0.1) is 18.8 Å². The summed E-state index contributed by atoms with van der Waals surface area (Å²) in [4.78, 5) is 13.9. The molecular weight excluding hydrogens is 438 g/mol. The summed E-state index contributed by atoms with van der Waals surface area (Å²) in [6.45, 7) is 2.80. The van der Waals surface area contributed by atoms with E-state index in [2.05, 4.69) is 15.6 Å². The van der Waals surface area contributed by atoms with Gasteiger partial charge in [0.1, 0.15) is 11.9 Å². The topological polar surface area (TPSA) is 131 Å². The second kappa shape index (κ2) is 9.42. The molecule has 2 aromatic heterocycles. The number of nitrogens with one attached hydrogen (secondary N) is 2. The van der Waals surface area contributed by atoms with Crippen molar-refractivity contribution >= 4 is 11.8 Å². The number of nitrogens with zero attached hydrogens (tertiary/aromatic N) is 3. The number of fused-ring (bicyclic) bond motifs is 1. The smallest absolute Gasteiger partial charge is 0.260 e. The molecule has 1 aliphatic heterocycles. The minimum Gasteiger partial charge on any atom is -0.481 e. The van der Waals surface area contributed by atoms with Crippen molar-refractivity contribution in [3.05, 3.63) is 22.9 Å². The first kappa shape index (κ1) is 22.9. The van der Waals surface area contributed by atoms with E-state index in [0.717, 1.165) is 23.4 Å². The molecule has 0 spiro atoms. The van der Waals surface area contributed by atoms with Gasteiger partial charge in [-0.2, -0.15) is 9.97 Å². The number of aromatic nitrogens is 3. The highest BCUT2D eigenvalue weighted by Crippen LogP contribution is 2.45. The number of aliphatic hydroxyl groups is 2. The lowest BCUT2D eigenvalue weighted by Crippen LogP contribution is -2.22. The van der Waals surface area contributed by atoms with Gasteiger partial charge in [0.25, 0.3) is 5.88 Å². The lowest BCUT2D eigenvalue weighted by molar-refractivity contribution is 0.0908. The molecule has 1 unspecified atom stereocenters. The Labute approximate surface area is 199 Å². The number of aryl methyl sites for hydroxylation is 1. The summed E-state index contributed by atoms with van der Waals surface area (Å²) in [5.41, 5.74) is 2.65. The van der Waals surface area contributed by atoms with Gasteiger partial charge in [-0.1, -0.05) is 0 Å². The Morgan fingerprint density at radius 2 is 1.97 bits per heavy atom. The molecule has 0 amide bonds. The maximum absolute atomic E-state index is 10.3. The average molecular weight is 472 g/mol. The largest absolute Gasteiger partial charge is 0.481 e. The van der Waals surface area contributed by atoms with Crippen LogP contribution in [0.3, 0.4) is 0 Å². The number of aliphatic hydroxyl groups excluding tert-OH is 2. The number of anilines is 2. The number of ether oxygens (including phenoxy) is 3. The minimum atomic E-state index is -0.531. The number of methoxy groups -OCH3 is 2. The summed E-state index contributed by atoms with van der Waals surface area (Å²) in [5, 5.41) is 26.8. The van der Waals surface area contributed by atoms with Gasteiger partial charge in [-0.15, -0.1) is 0 Å². The Morgan fingerprint density at radius 1 is 1.15 bits per heavy atom. The SMILES string of the molecule is COc1cc2c(c(OC)n1)OC(c1c(C)nc(NCC3CC3)nc1N[C@@H]1C[C@H](CO)[C@@H](O)C1)C2. The van der Waals surface area contributed by atoms with Crippen LogP contribution in [0.1, 0.15) is 48.6 Å². The van der Waals surface area contributed by atoms with Crippen LogP contribution in [0.5, 0.6) is 17.5 Å². The van der Waals surface area contributed by atoms with Crippen LogP contribution in [-0.2, 0) is 6.42 Å². The number of pyridine rings is 1. The molecule has 0 aromatic carbocycles. The Hall–Kier alpha value is -2.85. The summed E-state index contributed by atoms with van der Waals surface area (Å²) in [5.74, 6) is 3.30. The molecule has 2 fully saturated rings. The van der Waals surface area contributed by atoms with E-state index in [1.165, 1.54) is 12.8 Å². The van der Waals surface area contributed by atoms with Crippen LogP contribution < -0.4 is 24.8 Å². The lowest BCUT2D eigenvalue weighted by atomic mass is 10.0. The summed E-state index contributed by atoms with van der Waals surface area (Å²) in [6, 6.07) is 1.86. The van der Waals surface area contributed by atoms with Crippen LogP contribution in [0.2, 0.25) is 0 Å². The standard InChI is InChI=1S/C24H33N5O5/c1-12-20(18-7-14-8-19(32-2)28-23(33-3)21(14)34-18)22(27-16-6-15(11-30)17(31)9-16)29-24(26-12)25-10-13-4-5-13/h8,13,15-18,30-31H,4-7,9-11H2,1-3H3,(H2,25,26,27,29)/t15-,16-,17+,18?/m1/s1. The van der Waals surface area contributed by atoms with Gasteiger partial charge in [-0.3, -0.25) is 0 Å². The zero-order chi connectivity index (χ0) is 23.8. The molecule has 0 bridgehead atoms. The van der Waals surface area contributed by atoms with E-state index >= 15 is 0 Å². The van der Waals surface area contributed by atoms with Gasteiger partial charge in [0.15, 0.2) is 5.75 Å². The highest BCUT2D eigenvalue weighted by Gasteiger charge is 2.36. The van der Waals surface area contributed by atoms with Crippen molar-refractivity contribution in [2.24, 2.45) is 11.8 Å². The second-order valence-electron chi connectivity index (χ2n) is 9.51. The van der Waals surface area contributed by atoms with E-state index in [1.807, 2.05) is 13.0 Å². The van der Waals surface area contributed by atoms with Gasteiger partial charge < -0.3 is 35.1 Å². The van der Waals surface area contributed by atoms with E-state index in [1.54, 1.807) is 14.2 Å². The van der Waals surface area contributed by atoms with E-state index < -0.39 is 6.10 Å². The predicted octanol–water partition coefficient (Wildman–Crippen LogP) is 2.24. The van der Waals surface area contributed by atoms with E-state index in [4.69, 9.17) is 24.2 Å². The zero-order valence-electron chi connectivity index (χ0n) is 19.9.